The van der Waals surface area contributed by atoms with Crippen LogP contribution in [-0.4, -0.2) is 24.8 Å². The van der Waals surface area contributed by atoms with Crippen molar-refractivity contribution in [2.75, 3.05) is 0 Å². The summed E-state index contributed by atoms with van der Waals surface area (Å²) in [6, 6.07) is 3.81. The molecule has 108 valence electrons. The third kappa shape index (κ3) is 5.89. The smallest absolute Gasteiger partial charge is 0.405 e. The molecule has 0 saturated carbocycles. The van der Waals surface area contributed by atoms with Crippen molar-refractivity contribution in [2.45, 2.75) is 45.5 Å². The van der Waals surface area contributed by atoms with Gasteiger partial charge in [-0.2, -0.15) is 0 Å². The molecule has 0 unspecified atom stereocenters. The van der Waals surface area contributed by atoms with E-state index in [1.807, 2.05) is 26.0 Å². The maximum Gasteiger partial charge on any atom is 0.405 e. The first-order chi connectivity index (χ1) is 9.09. The van der Waals surface area contributed by atoms with Crippen LogP contribution >= 0.6 is 0 Å². The molecule has 1 aromatic rings. The number of primary amides is 1. The highest BCUT2D eigenvalue weighted by Crippen LogP contribution is 2.18. The van der Waals surface area contributed by atoms with Crippen molar-refractivity contribution >= 4 is 14.2 Å². The van der Waals surface area contributed by atoms with E-state index in [-0.39, 0.29) is 0 Å². The summed E-state index contributed by atoms with van der Waals surface area (Å²) >= 11 is 0. The van der Waals surface area contributed by atoms with E-state index in [4.69, 9.17) is 10.5 Å². The summed E-state index contributed by atoms with van der Waals surface area (Å²) in [4.78, 5) is 15.2. The van der Waals surface area contributed by atoms with E-state index >= 15 is 0 Å². The molecule has 0 atom stereocenters. The minimum atomic E-state index is -1.45. The average molecular weight is 290 g/mol. The summed E-state index contributed by atoms with van der Waals surface area (Å²) in [6.07, 6.45) is 1.48. The number of carbonyl (C=O) groups excluding carboxylic acids is 1. The maximum absolute atomic E-state index is 10.9. The van der Waals surface area contributed by atoms with Gasteiger partial charge in [0.25, 0.3) is 0 Å². The standard InChI is InChI=1S/C15H22N2O2Si/c1-15(2,19-14(16)18)11-12-7-6-9-17-13(12)8-10-20(3,4)5/h6-7,9H,11H2,1-5H3,(H2,16,18). The number of hydrogen-bond acceptors (Lipinski definition) is 3. The summed E-state index contributed by atoms with van der Waals surface area (Å²) in [5.41, 5.74) is 9.42. The summed E-state index contributed by atoms with van der Waals surface area (Å²) in [6.45, 7) is 10.2. The lowest BCUT2D eigenvalue weighted by atomic mass is 9.97. The lowest BCUT2D eigenvalue weighted by molar-refractivity contribution is 0.0459. The van der Waals surface area contributed by atoms with Gasteiger partial charge in [-0.25, -0.2) is 9.78 Å². The van der Waals surface area contributed by atoms with Crippen molar-refractivity contribution in [1.29, 1.82) is 0 Å². The number of aromatic nitrogens is 1. The minimum absolute atomic E-state index is 0.527. The Bertz CT molecular complexity index is 551. The highest BCUT2D eigenvalue weighted by atomic mass is 28.3. The van der Waals surface area contributed by atoms with Crippen molar-refractivity contribution in [2.24, 2.45) is 5.73 Å². The van der Waals surface area contributed by atoms with Crippen LogP contribution in [0.25, 0.3) is 0 Å². The van der Waals surface area contributed by atoms with E-state index in [1.165, 1.54) is 0 Å². The van der Waals surface area contributed by atoms with E-state index in [0.717, 1.165) is 11.3 Å². The number of nitrogens with two attached hydrogens (primary N) is 1. The Hall–Kier alpha value is -1.80. The maximum atomic E-state index is 10.9. The molecule has 5 heteroatoms. The van der Waals surface area contributed by atoms with Crippen molar-refractivity contribution in [3.05, 3.63) is 29.6 Å². The molecule has 0 bridgehead atoms. The molecule has 2 N–H and O–H groups in total. The van der Waals surface area contributed by atoms with Gasteiger partial charge in [-0.05, 0) is 25.5 Å². The zero-order valence-corrected chi connectivity index (χ0v) is 13.8. The Morgan fingerprint density at radius 1 is 1.45 bits per heavy atom. The van der Waals surface area contributed by atoms with Gasteiger partial charge in [-0.15, -0.1) is 5.54 Å². The SMILES string of the molecule is CC(C)(Cc1cccnc1C#C[Si](C)(C)C)OC(N)=O. The van der Waals surface area contributed by atoms with Crippen LogP contribution in [0.4, 0.5) is 4.79 Å². The molecular formula is C15H22N2O2Si. The molecule has 1 rings (SSSR count). The van der Waals surface area contributed by atoms with Crippen LogP contribution in [0.2, 0.25) is 19.6 Å². The Morgan fingerprint density at radius 3 is 2.65 bits per heavy atom. The fourth-order valence-corrected chi connectivity index (χ4v) is 2.20. The Balaban J connectivity index is 3.01. The predicted molar refractivity (Wildman–Crippen MR) is 82.9 cm³/mol. The summed E-state index contributed by atoms with van der Waals surface area (Å²) in [7, 11) is -1.45. The minimum Gasteiger partial charge on any atom is -0.443 e. The van der Waals surface area contributed by atoms with Gasteiger partial charge in [-0.3, -0.25) is 0 Å². The predicted octanol–water partition coefficient (Wildman–Crippen LogP) is 2.73. The van der Waals surface area contributed by atoms with Gasteiger partial charge in [0, 0.05) is 12.6 Å². The first-order valence-electron chi connectivity index (χ1n) is 6.55. The fourth-order valence-electron chi connectivity index (χ4n) is 1.71. The van der Waals surface area contributed by atoms with Crippen LogP contribution in [0.15, 0.2) is 18.3 Å². The molecule has 0 aromatic carbocycles. The lowest BCUT2D eigenvalue weighted by Crippen LogP contribution is -2.33. The van der Waals surface area contributed by atoms with Gasteiger partial charge in [0.2, 0.25) is 0 Å². The molecule has 0 aliphatic carbocycles. The summed E-state index contributed by atoms with van der Waals surface area (Å²) in [5, 5.41) is 0. The first-order valence-corrected chi connectivity index (χ1v) is 10.0. The molecule has 1 heterocycles. The number of hydrogen-bond donors (Lipinski definition) is 1. The van der Waals surface area contributed by atoms with Gasteiger partial charge in [0.15, 0.2) is 0 Å². The highest BCUT2D eigenvalue weighted by Gasteiger charge is 2.23. The fraction of sp³-hybridized carbons (Fsp3) is 0.467. The normalized spacial score (nSPS) is 11.4. The third-order valence-corrected chi connectivity index (χ3v) is 3.32. The van der Waals surface area contributed by atoms with Crippen molar-refractivity contribution in [3.63, 3.8) is 0 Å². The molecule has 0 aliphatic heterocycles. The number of nitrogens with zero attached hydrogens (tertiary/aromatic N) is 1. The Kier molecular flexibility index (Phi) is 4.96. The van der Waals surface area contributed by atoms with Gasteiger partial charge < -0.3 is 10.5 Å². The molecule has 20 heavy (non-hydrogen) atoms. The van der Waals surface area contributed by atoms with Crippen LogP contribution in [0, 0.1) is 11.5 Å². The Morgan fingerprint density at radius 2 is 2.10 bits per heavy atom. The second-order valence-corrected chi connectivity index (χ2v) is 11.1. The van der Waals surface area contributed by atoms with E-state index in [0.29, 0.717) is 6.42 Å². The van der Waals surface area contributed by atoms with Crippen LogP contribution in [0.3, 0.4) is 0 Å². The average Bonchev–Trinajstić information content (AvgIpc) is 2.24. The first kappa shape index (κ1) is 16.3. The van der Waals surface area contributed by atoms with Gasteiger partial charge in [-0.1, -0.05) is 31.6 Å². The van der Waals surface area contributed by atoms with Crippen molar-refractivity contribution in [3.8, 4) is 11.5 Å². The second kappa shape index (κ2) is 6.10. The molecule has 1 aromatic heterocycles. The van der Waals surface area contributed by atoms with E-state index in [2.05, 4.69) is 36.1 Å². The van der Waals surface area contributed by atoms with E-state index in [1.54, 1.807) is 6.20 Å². The molecule has 0 spiro atoms. The number of pyridine rings is 1. The summed E-state index contributed by atoms with van der Waals surface area (Å²) in [5.74, 6) is 3.16. The third-order valence-electron chi connectivity index (χ3n) is 2.44. The van der Waals surface area contributed by atoms with Gasteiger partial charge in [0.1, 0.15) is 19.4 Å². The molecule has 0 aliphatic rings. The quantitative estimate of drug-likeness (QED) is 0.687. The summed E-state index contributed by atoms with van der Waals surface area (Å²) < 4.78 is 5.11. The molecule has 0 radical (unpaired) electrons. The molecular weight excluding hydrogens is 268 g/mol. The van der Waals surface area contributed by atoms with Gasteiger partial charge in [0.05, 0.1) is 0 Å². The highest BCUT2D eigenvalue weighted by molar-refractivity contribution is 6.83. The van der Waals surface area contributed by atoms with Crippen LogP contribution in [-0.2, 0) is 11.2 Å². The largest absolute Gasteiger partial charge is 0.443 e. The topological polar surface area (TPSA) is 65.2 Å². The van der Waals surface area contributed by atoms with E-state index < -0.39 is 19.8 Å². The lowest BCUT2D eigenvalue weighted by Gasteiger charge is -2.24. The number of carbonyl (C=O) groups is 1. The molecule has 1 amide bonds. The van der Waals surface area contributed by atoms with Crippen LogP contribution in [0.1, 0.15) is 25.1 Å². The number of amides is 1. The van der Waals surface area contributed by atoms with Crippen LogP contribution in [0.5, 0.6) is 0 Å². The monoisotopic (exact) mass is 290 g/mol. The van der Waals surface area contributed by atoms with E-state index in [9.17, 15) is 4.79 Å². The van der Waals surface area contributed by atoms with Crippen molar-refractivity contribution in [1.82, 2.24) is 4.98 Å². The number of rotatable bonds is 3. The zero-order chi connectivity index (χ0) is 15.4. The molecule has 4 nitrogen and oxygen atoms in total. The van der Waals surface area contributed by atoms with Crippen molar-refractivity contribution < 1.29 is 9.53 Å². The second-order valence-electron chi connectivity index (χ2n) is 6.37. The van der Waals surface area contributed by atoms with Gasteiger partial charge >= 0.3 is 6.09 Å². The number of ether oxygens (including phenoxy) is 1. The Labute approximate surface area is 121 Å². The van der Waals surface area contributed by atoms with Crippen LogP contribution < -0.4 is 5.73 Å². The molecule has 0 saturated heterocycles. The molecule has 0 fully saturated rings. The zero-order valence-electron chi connectivity index (χ0n) is 12.8.